The van der Waals surface area contributed by atoms with Crippen LogP contribution in [0.1, 0.15) is 27.2 Å². The number of hydrogen-bond acceptors (Lipinski definition) is 2. The Labute approximate surface area is 73.6 Å². The molecule has 2 N–H and O–H groups in total. The number of nitrogen functional groups attached to an aromatic ring is 1. The van der Waals surface area contributed by atoms with Gasteiger partial charge < -0.3 is 5.73 Å². The maximum absolute atomic E-state index is 5.67. The van der Waals surface area contributed by atoms with Crippen LogP contribution >= 0.6 is 0 Å². The van der Waals surface area contributed by atoms with E-state index in [0.29, 0.717) is 5.41 Å². The molecule has 1 aromatic rings. The number of aryl methyl sites for hydroxylation is 1. The van der Waals surface area contributed by atoms with E-state index in [2.05, 4.69) is 25.9 Å². The first-order valence-corrected chi connectivity index (χ1v) is 4.26. The molecule has 0 aliphatic carbocycles. The fourth-order valence-electron chi connectivity index (χ4n) is 0.971. The average molecular weight is 167 g/mol. The zero-order chi connectivity index (χ0) is 9.19. The van der Waals surface area contributed by atoms with E-state index in [1.54, 1.807) is 6.20 Å². The van der Waals surface area contributed by atoms with Crippen LogP contribution < -0.4 is 5.73 Å². The van der Waals surface area contributed by atoms with Crippen LogP contribution in [0, 0.1) is 5.41 Å². The maximum atomic E-state index is 5.67. The van der Waals surface area contributed by atoms with Crippen LogP contribution in [0.3, 0.4) is 0 Å². The first kappa shape index (κ1) is 9.10. The average Bonchev–Trinajstić information content (AvgIpc) is 2.29. The molecule has 1 heterocycles. The van der Waals surface area contributed by atoms with E-state index in [-0.39, 0.29) is 0 Å². The zero-order valence-electron chi connectivity index (χ0n) is 8.04. The van der Waals surface area contributed by atoms with Gasteiger partial charge in [-0.15, -0.1) is 0 Å². The van der Waals surface area contributed by atoms with E-state index in [1.807, 2.05) is 10.7 Å². The Kier molecular flexibility index (Phi) is 2.40. The topological polar surface area (TPSA) is 43.8 Å². The van der Waals surface area contributed by atoms with E-state index >= 15 is 0 Å². The quantitative estimate of drug-likeness (QED) is 0.731. The summed E-state index contributed by atoms with van der Waals surface area (Å²) in [5, 5.41) is 4.11. The van der Waals surface area contributed by atoms with Crippen molar-refractivity contribution in [3.05, 3.63) is 12.3 Å². The second-order valence-electron chi connectivity index (χ2n) is 4.29. The Bertz CT molecular complexity index is 245. The largest absolute Gasteiger partial charge is 0.384 e. The van der Waals surface area contributed by atoms with E-state index in [4.69, 9.17) is 5.73 Å². The highest BCUT2D eigenvalue weighted by Crippen LogP contribution is 2.19. The molecule has 0 radical (unpaired) electrons. The summed E-state index contributed by atoms with van der Waals surface area (Å²) in [4.78, 5) is 0. The second kappa shape index (κ2) is 3.17. The Morgan fingerprint density at radius 3 is 2.58 bits per heavy atom. The molecule has 0 spiro atoms. The highest BCUT2D eigenvalue weighted by Gasteiger charge is 2.10. The molecule has 1 aromatic heterocycles. The molecule has 3 heteroatoms. The summed E-state index contributed by atoms with van der Waals surface area (Å²) in [6, 6.07) is 1.82. The van der Waals surface area contributed by atoms with Gasteiger partial charge in [-0.05, 0) is 17.9 Å². The van der Waals surface area contributed by atoms with Crippen LogP contribution in [-0.2, 0) is 6.54 Å². The standard InChI is InChI=1S/C9H17N3/c1-9(2,3)5-7-12-8(10)4-6-11-12/h4,6H,5,7,10H2,1-3H3. The molecule has 0 amide bonds. The van der Waals surface area contributed by atoms with Crippen LogP contribution in [0.5, 0.6) is 0 Å². The van der Waals surface area contributed by atoms with Gasteiger partial charge >= 0.3 is 0 Å². The summed E-state index contributed by atoms with van der Waals surface area (Å²) in [5.41, 5.74) is 6.02. The van der Waals surface area contributed by atoms with E-state index in [0.717, 1.165) is 18.8 Å². The third kappa shape index (κ3) is 2.57. The van der Waals surface area contributed by atoms with Gasteiger partial charge in [-0.2, -0.15) is 5.10 Å². The van der Waals surface area contributed by atoms with Gasteiger partial charge in [-0.1, -0.05) is 20.8 Å². The van der Waals surface area contributed by atoms with Crippen molar-refractivity contribution in [2.24, 2.45) is 5.41 Å². The van der Waals surface area contributed by atoms with Crippen molar-refractivity contribution in [2.45, 2.75) is 33.7 Å². The van der Waals surface area contributed by atoms with E-state index in [9.17, 15) is 0 Å². The first-order valence-electron chi connectivity index (χ1n) is 4.26. The normalized spacial score (nSPS) is 11.9. The van der Waals surface area contributed by atoms with Gasteiger partial charge in [0.15, 0.2) is 0 Å². The molecule has 0 saturated heterocycles. The van der Waals surface area contributed by atoms with Crippen molar-refractivity contribution in [1.82, 2.24) is 9.78 Å². The summed E-state index contributed by atoms with van der Waals surface area (Å²) in [6.07, 6.45) is 2.83. The van der Waals surface area contributed by atoms with Crippen molar-refractivity contribution in [3.63, 3.8) is 0 Å². The molecular formula is C9H17N3. The minimum absolute atomic E-state index is 0.346. The van der Waals surface area contributed by atoms with Gasteiger partial charge in [0.2, 0.25) is 0 Å². The maximum Gasteiger partial charge on any atom is 0.121 e. The number of nitrogens with two attached hydrogens (primary N) is 1. The molecule has 0 aliphatic rings. The zero-order valence-corrected chi connectivity index (χ0v) is 8.04. The van der Waals surface area contributed by atoms with Gasteiger partial charge in [0.25, 0.3) is 0 Å². The molecule has 0 fully saturated rings. The predicted octanol–water partition coefficient (Wildman–Crippen LogP) is 1.90. The molecule has 0 atom stereocenters. The summed E-state index contributed by atoms with van der Waals surface area (Å²) < 4.78 is 1.84. The summed E-state index contributed by atoms with van der Waals surface area (Å²) in [7, 11) is 0. The third-order valence-corrected chi connectivity index (χ3v) is 1.82. The number of nitrogens with zero attached hydrogens (tertiary/aromatic N) is 2. The minimum Gasteiger partial charge on any atom is -0.384 e. The van der Waals surface area contributed by atoms with Crippen LogP contribution in [0.25, 0.3) is 0 Å². The Balaban J connectivity index is 2.49. The third-order valence-electron chi connectivity index (χ3n) is 1.82. The van der Waals surface area contributed by atoms with Gasteiger partial charge in [-0.25, -0.2) is 0 Å². The lowest BCUT2D eigenvalue weighted by Crippen LogP contribution is -2.12. The first-order chi connectivity index (χ1) is 5.49. The van der Waals surface area contributed by atoms with Gasteiger partial charge in [-0.3, -0.25) is 4.68 Å². The fraction of sp³-hybridized carbons (Fsp3) is 0.667. The molecule has 1 rings (SSSR count). The lowest BCUT2D eigenvalue weighted by molar-refractivity contribution is 0.342. The SMILES string of the molecule is CC(C)(C)CCn1nccc1N. The minimum atomic E-state index is 0.346. The predicted molar refractivity (Wildman–Crippen MR) is 50.7 cm³/mol. The smallest absolute Gasteiger partial charge is 0.121 e. The van der Waals surface area contributed by atoms with Crippen LogP contribution in [0.15, 0.2) is 12.3 Å². The molecule has 12 heavy (non-hydrogen) atoms. The molecule has 0 aromatic carbocycles. The highest BCUT2D eigenvalue weighted by atomic mass is 15.3. The Morgan fingerprint density at radius 1 is 1.50 bits per heavy atom. The molecule has 3 nitrogen and oxygen atoms in total. The number of rotatable bonds is 2. The molecule has 68 valence electrons. The highest BCUT2D eigenvalue weighted by molar-refractivity contribution is 5.25. The Morgan fingerprint density at radius 2 is 2.17 bits per heavy atom. The van der Waals surface area contributed by atoms with Crippen molar-refractivity contribution in [1.29, 1.82) is 0 Å². The molecule has 0 unspecified atom stereocenters. The summed E-state index contributed by atoms with van der Waals surface area (Å²) >= 11 is 0. The van der Waals surface area contributed by atoms with Gasteiger partial charge in [0, 0.05) is 6.54 Å². The number of anilines is 1. The Hall–Kier alpha value is -0.990. The lowest BCUT2D eigenvalue weighted by atomic mass is 9.92. The van der Waals surface area contributed by atoms with Crippen molar-refractivity contribution in [3.8, 4) is 0 Å². The van der Waals surface area contributed by atoms with E-state index < -0.39 is 0 Å². The number of hydrogen-bond donors (Lipinski definition) is 1. The van der Waals surface area contributed by atoms with Crippen molar-refractivity contribution >= 4 is 5.82 Å². The van der Waals surface area contributed by atoms with E-state index in [1.165, 1.54) is 0 Å². The van der Waals surface area contributed by atoms with Gasteiger partial charge in [0.1, 0.15) is 5.82 Å². The monoisotopic (exact) mass is 167 g/mol. The second-order valence-corrected chi connectivity index (χ2v) is 4.29. The summed E-state index contributed by atoms with van der Waals surface area (Å²) in [5.74, 6) is 0.749. The summed E-state index contributed by atoms with van der Waals surface area (Å²) in [6.45, 7) is 7.55. The molecule has 0 bridgehead atoms. The van der Waals surface area contributed by atoms with Crippen LogP contribution in [0.4, 0.5) is 5.82 Å². The van der Waals surface area contributed by atoms with Crippen molar-refractivity contribution < 1.29 is 0 Å². The van der Waals surface area contributed by atoms with Crippen molar-refractivity contribution in [2.75, 3.05) is 5.73 Å². The van der Waals surface area contributed by atoms with Gasteiger partial charge in [0.05, 0.1) is 6.20 Å². The molecular weight excluding hydrogens is 150 g/mol. The molecule has 0 saturated carbocycles. The van der Waals surface area contributed by atoms with Crippen LogP contribution in [-0.4, -0.2) is 9.78 Å². The molecule has 0 aliphatic heterocycles. The van der Waals surface area contributed by atoms with Crippen LogP contribution in [0.2, 0.25) is 0 Å². The lowest BCUT2D eigenvalue weighted by Gasteiger charge is -2.17. The number of aromatic nitrogens is 2. The fourth-order valence-corrected chi connectivity index (χ4v) is 0.971.